The van der Waals surface area contributed by atoms with Crippen LogP contribution < -0.4 is 5.73 Å². The van der Waals surface area contributed by atoms with Crippen LogP contribution >= 0.6 is 22.9 Å². The highest BCUT2D eigenvalue weighted by atomic mass is 35.5. The lowest BCUT2D eigenvalue weighted by Crippen LogP contribution is -2.17. The number of nitrogens with zero attached hydrogens (tertiary/aromatic N) is 2. The van der Waals surface area contributed by atoms with Crippen LogP contribution in [0.25, 0.3) is 10.9 Å². The van der Waals surface area contributed by atoms with E-state index in [0.29, 0.717) is 4.47 Å². The summed E-state index contributed by atoms with van der Waals surface area (Å²) in [5.74, 6) is 0. The molecule has 0 saturated heterocycles. The molecule has 3 aromatic rings. The molecule has 1 atom stereocenters. The van der Waals surface area contributed by atoms with Crippen LogP contribution in [0.5, 0.6) is 0 Å². The third kappa shape index (κ3) is 2.73. The van der Waals surface area contributed by atoms with Crippen LogP contribution in [0, 0.1) is 0 Å². The Labute approximate surface area is 127 Å². The van der Waals surface area contributed by atoms with E-state index in [1.54, 1.807) is 0 Å². The third-order valence-electron chi connectivity index (χ3n) is 3.26. The molecule has 3 nitrogen and oxygen atoms in total. The van der Waals surface area contributed by atoms with E-state index in [9.17, 15) is 0 Å². The van der Waals surface area contributed by atoms with Crippen molar-refractivity contribution < 1.29 is 0 Å². The van der Waals surface area contributed by atoms with Gasteiger partial charge in [0.05, 0.1) is 6.54 Å². The zero-order valence-electron chi connectivity index (χ0n) is 11.2. The predicted octanol–water partition coefficient (Wildman–Crippen LogP) is 3.69. The van der Waals surface area contributed by atoms with Crippen molar-refractivity contribution in [3.8, 4) is 0 Å². The van der Waals surface area contributed by atoms with Gasteiger partial charge in [0.15, 0.2) is 4.47 Å². The SMILES string of the molecule is CC(N)Cc1cn(Cc2cnc(Cl)s2)c2ccccc12. The Morgan fingerprint density at radius 2 is 2.20 bits per heavy atom. The molecule has 2 N–H and O–H groups in total. The average molecular weight is 306 g/mol. The molecular formula is C15H16ClN3S. The highest BCUT2D eigenvalue weighted by molar-refractivity contribution is 7.15. The second-order valence-corrected chi connectivity index (χ2v) is 6.76. The Hall–Kier alpha value is -1.36. The summed E-state index contributed by atoms with van der Waals surface area (Å²) in [7, 11) is 0. The van der Waals surface area contributed by atoms with Crippen LogP contribution in [0.2, 0.25) is 4.47 Å². The Bertz CT molecular complexity index is 730. The lowest BCUT2D eigenvalue weighted by molar-refractivity contribution is 0.735. The number of para-hydroxylation sites is 1. The summed E-state index contributed by atoms with van der Waals surface area (Å²) in [6, 6.07) is 8.59. The van der Waals surface area contributed by atoms with E-state index < -0.39 is 0 Å². The fourth-order valence-electron chi connectivity index (χ4n) is 2.49. The molecule has 1 aromatic carbocycles. The van der Waals surface area contributed by atoms with Crippen molar-refractivity contribution in [1.29, 1.82) is 0 Å². The van der Waals surface area contributed by atoms with Gasteiger partial charge in [-0.15, -0.1) is 11.3 Å². The summed E-state index contributed by atoms with van der Waals surface area (Å²) >= 11 is 7.42. The van der Waals surface area contributed by atoms with E-state index in [-0.39, 0.29) is 6.04 Å². The molecule has 104 valence electrons. The lowest BCUT2D eigenvalue weighted by atomic mass is 10.1. The first-order valence-corrected chi connectivity index (χ1v) is 7.75. The molecule has 0 spiro atoms. The van der Waals surface area contributed by atoms with Gasteiger partial charge >= 0.3 is 0 Å². The van der Waals surface area contributed by atoms with Crippen LogP contribution in [-0.2, 0) is 13.0 Å². The maximum atomic E-state index is 5.95. The summed E-state index contributed by atoms with van der Waals surface area (Å²) in [4.78, 5) is 5.25. The highest BCUT2D eigenvalue weighted by Crippen LogP contribution is 2.25. The monoisotopic (exact) mass is 305 g/mol. The minimum absolute atomic E-state index is 0.159. The predicted molar refractivity (Wildman–Crippen MR) is 85.5 cm³/mol. The molecule has 2 aromatic heterocycles. The standard InChI is InChI=1S/C15H16ClN3S/c1-10(17)6-11-8-19(9-12-7-18-15(16)20-12)14-5-3-2-4-13(11)14/h2-5,7-8,10H,6,9,17H2,1H3. The molecule has 0 aliphatic heterocycles. The van der Waals surface area contributed by atoms with Crippen LogP contribution in [-0.4, -0.2) is 15.6 Å². The van der Waals surface area contributed by atoms with E-state index in [2.05, 4.69) is 40.0 Å². The lowest BCUT2D eigenvalue weighted by Gasteiger charge is -2.02. The summed E-state index contributed by atoms with van der Waals surface area (Å²) in [5.41, 5.74) is 8.47. The molecule has 0 saturated carbocycles. The number of hydrogen-bond donors (Lipinski definition) is 1. The van der Waals surface area contributed by atoms with Gasteiger partial charge in [0.1, 0.15) is 0 Å². The Morgan fingerprint density at radius 3 is 2.90 bits per heavy atom. The fourth-order valence-corrected chi connectivity index (χ4v) is 3.46. The molecule has 20 heavy (non-hydrogen) atoms. The molecule has 0 bridgehead atoms. The number of rotatable bonds is 4. The van der Waals surface area contributed by atoms with Crippen molar-refractivity contribution in [3.63, 3.8) is 0 Å². The van der Waals surface area contributed by atoms with E-state index in [4.69, 9.17) is 17.3 Å². The first-order valence-electron chi connectivity index (χ1n) is 6.56. The molecule has 5 heteroatoms. The molecule has 0 amide bonds. The number of aromatic nitrogens is 2. The topological polar surface area (TPSA) is 43.8 Å². The summed E-state index contributed by atoms with van der Waals surface area (Å²) in [5, 5.41) is 1.28. The van der Waals surface area contributed by atoms with Crippen LogP contribution in [0.15, 0.2) is 36.7 Å². The van der Waals surface area contributed by atoms with Gasteiger partial charge in [0, 0.05) is 34.2 Å². The van der Waals surface area contributed by atoms with Crippen molar-refractivity contribution in [2.24, 2.45) is 5.73 Å². The maximum absolute atomic E-state index is 5.95. The number of thiazole rings is 1. The quantitative estimate of drug-likeness (QED) is 0.799. The van der Waals surface area contributed by atoms with Gasteiger partial charge < -0.3 is 10.3 Å². The van der Waals surface area contributed by atoms with E-state index in [0.717, 1.165) is 17.8 Å². The van der Waals surface area contributed by atoms with Crippen molar-refractivity contribution in [2.75, 3.05) is 0 Å². The molecule has 1 unspecified atom stereocenters. The van der Waals surface area contributed by atoms with Crippen LogP contribution in [0.4, 0.5) is 0 Å². The summed E-state index contributed by atoms with van der Waals surface area (Å²) < 4.78 is 2.84. The van der Waals surface area contributed by atoms with Crippen LogP contribution in [0.1, 0.15) is 17.4 Å². The second kappa shape index (κ2) is 5.56. The smallest absolute Gasteiger partial charge is 0.183 e. The van der Waals surface area contributed by atoms with Gasteiger partial charge in [-0.25, -0.2) is 4.98 Å². The van der Waals surface area contributed by atoms with Gasteiger partial charge in [-0.3, -0.25) is 0 Å². The third-order valence-corrected chi connectivity index (χ3v) is 4.36. The minimum Gasteiger partial charge on any atom is -0.342 e. The van der Waals surface area contributed by atoms with E-state index in [1.807, 2.05) is 13.1 Å². The molecule has 0 fully saturated rings. The Balaban J connectivity index is 2.02. The van der Waals surface area contributed by atoms with Gasteiger partial charge in [-0.1, -0.05) is 29.8 Å². The molecule has 0 aliphatic rings. The zero-order chi connectivity index (χ0) is 14.1. The normalized spacial score (nSPS) is 12.9. The Morgan fingerprint density at radius 1 is 1.40 bits per heavy atom. The largest absolute Gasteiger partial charge is 0.342 e. The highest BCUT2D eigenvalue weighted by Gasteiger charge is 2.10. The van der Waals surface area contributed by atoms with Crippen molar-refractivity contribution in [2.45, 2.75) is 25.9 Å². The fraction of sp³-hybridized carbons (Fsp3) is 0.267. The number of fused-ring (bicyclic) bond motifs is 1. The van der Waals surface area contributed by atoms with Gasteiger partial charge in [0.2, 0.25) is 0 Å². The Kier molecular flexibility index (Phi) is 3.78. The number of benzene rings is 1. The van der Waals surface area contributed by atoms with Crippen molar-refractivity contribution in [1.82, 2.24) is 9.55 Å². The number of nitrogens with two attached hydrogens (primary N) is 1. The van der Waals surface area contributed by atoms with Gasteiger partial charge in [-0.05, 0) is 25.0 Å². The maximum Gasteiger partial charge on any atom is 0.183 e. The molecule has 0 aliphatic carbocycles. The van der Waals surface area contributed by atoms with E-state index >= 15 is 0 Å². The van der Waals surface area contributed by atoms with Crippen molar-refractivity contribution in [3.05, 3.63) is 51.6 Å². The first kappa shape index (κ1) is 13.6. The summed E-state index contributed by atoms with van der Waals surface area (Å²) in [6.07, 6.45) is 4.92. The van der Waals surface area contributed by atoms with Crippen LogP contribution in [0.3, 0.4) is 0 Å². The number of hydrogen-bond acceptors (Lipinski definition) is 3. The molecule has 0 radical (unpaired) electrons. The van der Waals surface area contributed by atoms with Gasteiger partial charge in [-0.2, -0.15) is 0 Å². The van der Waals surface area contributed by atoms with Gasteiger partial charge in [0.25, 0.3) is 0 Å². The molecule has 3 rings (SSSR count). The number of halogens is 1. The summed E-state index contributed by atoms with van der Waals surface area (Å²) in [6.45, 7) is 2.83. The minimum atomic E-state index is 0.159. The van der Waals surface area contributed by atoms with E-state index in [1.165, 1.54) is 27.8 Å². The second-order valence-electron chi connectivity index (χ2n) is 5.06. The molecular weight excluding hydrogens is 290 g/mol. The van der Waals surface area contributed by atoms with Crippen molar-refractivity contribution >= 4 is 33.8 Å². The molecule has 2 heterocycles. The average Bonchev–Trinajstić information content (AvgIpc) is 2.95. The first-order chi connectivity index (χ1) is 9.63. The zero-order valence-corrected chi connectivity index (χ0v) is 12.8.